The number of likely N-dealkylation sites (tertiary alicyclic amines) is 1. The highest BCUT2D eigenvalue weighted by molar-refractivity contribution is 4.74. The lowest BCUT2D eigenvalue weighted by atomic mass is 10.1. The number of hydrogen-bond acceptors (Lipinski definition) is 2. The van der Waals surface area contributed by atoms with Crippen molar-refractivity contribution in [1.29, 1.82) is 0 Å². The van der Waals surface area contributed by atoms with Crippen LogP contribution >= 0.6 is 0 Å². The Morgan fingerprint density at radius 1 is 1.38 bits per heavy atom. The molecule has 13 heavy (non-hydrogen) atoms. The molecule has 1 fully saturated rings. The van der Waals surface area contributed by atoms with Crippen LogP contribution in [0.15, 0.2) is 0 Å². The van der Waals surface area contributed by atoms with E-state index in [9.17, 15) is 0 Å². The summed E-state index contributed by atoms with van der Waals surface area (Å²) in [7, 11) is 2.22. The minimum atomic E-state index is 0.909. The van der Waals surface area contributed by atoms with E-state index >= 15 is 0 Å². The summed E-state index contributed by atoms with van der Waals surface area (Å²) in [6, 6.07) is 0. The molecule has 2 heteroatoms. The molecule has 1 atom stereocenters. The lowest BCUT2D eigenvalue weighted by Crippen LogP contribution is -2.25. The minimum Gasteiger partial charge on any atom is -0.316 e. The fourth-order valence-electron chi connectivity index (χ4n) is 2.00. The quantitative estimate of drug-likeness (QED) is 0.632. The zero-order valence-corrected chi connectivity index (χ0v) is 9.18. The van der Waals surface area contributed by atoms with Crippen LogP contribution in [-0.4, -0.2) is 38.1 Å². The SMILES string of the molecule is CCCCCNCC1CCN(C)C1. The van der Waals surface area contributed by atoms with Gasteiger partial charge in [0.25, 0.3) is 0 Å². The normalized spacial score (nSPS) is 24.0. The van der Waals surface area contributed by atoms with Gasteiger partial charge in [-0.3, -0.25) is 0 Å². The first-order chi connectivity index (χ1) is 6.33. The second-order valence-corrected chi connectivity index (χ2v) is 4.33. The fourth-order valence-corrected chi connectivity index (χ4v) is 2.00. The van der Waals surface area contributed by atoms with Gasteiger partial charge in [0.2, 0.25) is 0 Å². The topological polar surface area (TPSA) is 15.3 Å². The molecule has 1 aliphatic heterocycles. The number of nitrogens with zero attached hydrogens (tertiary/aromatic N) is 1. The van der Waals surface area contributed by atoms with Gasteiger partial charge in [-0.15, -0.1) is 0 Å². The van der Waals surface area contributed by atoms with Crippen molar-refractivity contribution < 1.29 is 0 Å². The van der Waals surface area contributed by atoms with E-state index in [1.54, 1.807) is 0 Å². The van der Waals surface area contributed by atoms with Crippen LogP contribution in [0.1, 0.15) is 32.6 Å². The molecule has 0 saturated carbocycles. The summed E-state index contributed by atoms with van der Waals surface area (Å²) in [6.07, 6.45) is 5.43. The van der Waals surface area contributed by atoms with Crippen LogP contribution < -0.4 is 5.32 Å². The molecule has 0 radical (unpaired) electrons. The third-order valence-electron chi connectivity index (χ3n) is 2.88. The first kappa shape index (κ1) is 11.0. The van der Waals surface area contributed by atoms with E-state index < -0.39 is 0 Å². The molecule has 0 aromatic carbocycles. The Bertz CT molecular complexity index is 125. The second kappa shape index (κ2) is 6.39. The summed E-state index contributed by atoms with van der Waals surface area (Å²) >= 11 is 0. The molecule has 1 aliphatic rings. The van der Waals surface area contributed by atoms with Crippen molar-refractivity contribution in [1.82, 2.24) is 10.2 Å². The van der Waals surface area contributed by atoms with E-state index in [4.69, 9.17) is 0 Å². The maximum atomic E-state index is 3.56. The van der Waals surface area contributed by atoms with Gasteiger partial charge in [0.1, 0.15) is 0 Å². The number of rotatable bonds is 6. The molecule has 0 amide bonds. The Kier molecular flexibility index (Phi) is 5.40. The van der Waals surface area contributed by atoms with Gasteiger partial charge in [-0.2, -0.15) is 0 Å². The van der Waals surface area contributed by atoms with Crippen LogP contribution in [0.25, 0.3) is 0 Å². The monoisotopic (exact) mass is 184 g/mol. The van der Waals surface area contributed by atoms with Crippen LogP contribution in [0.2, 0.25) is 0 Å². The lowest BCUT2D eigenvalue weighted by molar-refractivity contribution is 0.388. The van der Waals surface area contributed by atoms with Crippen LogP contribution in [0, 0.1) is 5.92 Å². The molecule has 1 saturated heterocycles. The smallest absolute Gasteiger partial charge is 0.00192 e. The van der Waals surface area contributed by atoms with Gasteiger partial charge in [-0.05, 0) is 45.4 Å². The van der Waals surface area contributed by atoms with Crippen molar-refractivity contribution in [2.75, 3.05) is 33.2 Å². The molecule has 0 spiro atoms. The second-order valence-electron chi connectivity index (χ2n) is 4.33. The predicted molar refractivity (Wildman–Crippen MR) is 58.0 cm³/mol. The van der Waals surface area contributed by atoms with Gasteiger partial charge < -0.3 is 10.2 Å². The zero-order valence-electron chi connectivity index (χ0n) is 9.18. The Morgan fingerprint density at radius 2 is 2.23 bits per heavy atom. The van der Waals surface area contributed by atoms with E-state index in [1.165, 1.54) is 51.9 Å². The molecule has 0 aromatic heterocycles. The van der Waals surface area contributed by atoms with Crippen LogP contribution in [-0.2, 0) is 0 Å². The summed E-state index contributed by atoms with van der Waals surface area (Å²) in [4.78, 5) is 2.43. The Balaban J connectivity index is 1.88. The van der Waals surface area contributed by atoms with Crippen LogP contribution in [0.3, 0.4) is 0 Å². The van der Waals surface area contributed by atoms with E-state index in [-0.39, 0.29) is 0 Å². The standard InChI is InChI=1S/C11H24N2/c1-3-4-5-7-12-9-11-6-8-13(2)10-11/h11-12H,3-10H2,1-2H3. The van der Waals surface area contributed by atoms with Crippen molar-refractivity contribution in [3.8, 4) is 0 Å². The van der Waals surface area contributed by atoms with E-state index in [0.29, 0.717) is 0 Å². The lowest BCUT2D eigenvalue weighted by Gasteiger charge is -2.11. The maximum absolute atomic E-state index is 3.56. The molecular formula is C11H24N2. The molecule has 0 aromatic rings. The van der Waals surface area contributed by atoms with Gasteiger partial charge in [0, 0.05) is 6.54 Å². The van der Waals surface area contributed by atoms with Gasteiger partial charge in [0.05, 0.1) is 0 Å². The molecule has 1 unspecified atom stereocenters. The van der Waals surface area contributed by atoms with Crippen LogP contribution in [0.5, 0.6) is 0 Å². The average Bonchev–Trinajstić information content (AvgIpc) is 2.51. The van der Waals surface area contributed by atoms with Gasteiger partial charge >= 0.3 is 0 Å². The summed E-state index contributed by atoms with van der Waals surface area (Å²) in [5, 5.41) is 3.56. The van der Waals surface area contributed by atoms with Crippen molar-refractivity contribution in [2.24, 2.45) is 5.92 Å². The summed E-state index contributed by atoms with van der Waals surface area (Å²) in [6.45, 7) is 7.29. The van der Waals surface area contributed by atoms with Crippen molar-refractivity contribution in [3.05, 3.63) is 0 Å². The van der Waals surface area contributed by atoms with Crippen molar-refractivity contribution in [3.63, 3.8) is 0 Å². The fraction of sp³-hybridized carbons (Fsp3) is 1.00. The molecule has 1 rings (SSSR count). The van der Waals surface area contributed by atoms with Crippen LogP contribution in [0.4, 0.5) is 0 Å². The molecule has 0 bridgehead atoms. The largest absolute Gasteiger partial charge is 0.316 e. The molecule has 1 heterocycles. The van der Waals surface area contributed by atoms with Crippen molar-refractivity contribution >= 4 is 0 Å². The third-order valence-corrected chi connectivity index (χ3v) is 2.88. The minimum absolute atomic E-state index is 0.909. The van der Waals surface area contributed by atoms with Gasteiger partial charge in [-0.25, -0.2) is 0 Å². The zero-order chi connectivity index (χ0) is 9.52. The maximum Gasteiger partial charge on any atom is 0.00192 e. The first-order valence-electron chi connectivity index (χ1n) is 5.72. The summed E-state index contributed by atoms with van der Waals surface area (Å²) in [5.74, 6) is 0.909. The number of nitrogens with one attached hydrogen (secondary N) is 1. The number of unbranched alkanes of at least 4 members (excludes halogenated alkanes) is 2. The van der Waals surface area contributed by atoms with E-state index in [2.05, 4.69) is 24.2 Å². The molecule has 78 valence electrons. The number of hydrogen-bond donors (Lipinski definition) is 1. The predicted octanol–water partition coefficient (Wildman–Crippen LogP) is 1.72. The third kappa shape index (κ3) is 4.63. The highest BCUT2D eigenvalue weighted by Crippen LogP contribution is 2.12. The molecule has 0 aliphatic carbocycles. The Labute approximate surface area is 82.7 Å². The summed E-state index contributed by atoms with van der Waals surface area (Å²) < 4.78 is 0. The van der Waals surface area contributed by atoms with Crippen molar-refractivity contribution in [2.45, 2.75) is 32.6 Å². The Morgan fingerprint density at radius 3 is 2.85 bits per heavy atom. The summed E-state index contributed by atoms with van der Waals surface area (Å²) in [5.41, 5.74) is 0. The highest BCUT2D eigenvalue weighted by atomic mass is 15.1. The average molecular weight is 184 g/mol. The molecule has 1 N–H and O–H groups in total. The first-order valence-corrected chi connectivity index (χ1v) is 5.72. The molecular weight excluding hydrogens is 160 g/mol. The van der Waals surface area contributed by atoms with E-state index in [1.807, 2.05) is 0 Å². The highest BCUT2D eigenvalue weighted by Gasteiger charge is 2.18. The Hall–Kier alpha value is -0.0800. The van der Waals surface area contributed by atoms with Gasteiger partial charge in [-0.1, -0.05) is 19.8 Å². The van der Waals surface area contributed by atoms with Gasteiger partial charge in [0.15, 0.2) is 0 Å². The van der Waals surface area contributed by atoms with E-state index in [0.717, 1.165) is 5.92 Å². The molecule has 2 nitrogen and oxygen atoms in total.